The fraction of sp³-hybridized carbons (Fsp3) is 0.500. The summed E-state index contributed by atoms with van der Waals surface area (Å²) in [5, 5.41) is 6.88. The van der Waals surface area contributed by atoms with Gasteiger partial charge in [0, 0.05) is 17.1 Å². The molecular formula is C14H19ClN2O2. The Morgan fingerprint density at radius 1 is 1.32 bits per heavy atom. The lowest BCUT2D eigenvalue weighted by molar-refractivity contribution is -0.123. The molecule has 5 heteroatoms. The molecule has 0 spiro atoms. The third-order valence-corrected chi connectivity index (χ3v) is 3.64. The third kappa shape index (κ3) is 4.40. The first-order chi connectivity index (χ1) is 9.17. The van der Waals surface area contributed by atoms with Gasteiger partial charge in [-0.2, -0.15) is 0 Å². The number of carbonyl (C=O) groups excluding carboxylic acids is 1. The van der Waals surface area contributed by atoms with Crippen molar-refractivity contribution in [3.8, 4) is 5.75 Å². The van der Waals surface area contributed by atoms with Gasteiger partial charge in [-0.15, -0.1) is 0 Å². The number of hydrogen-bond acceptors (Lipinski definition) is 3. The third-order valence-electron chi connectivity index (χ3n) is 3.39. The summed E-state index contributed by atoms with van der Waals surface area (Å²) >= 11 is 5.77. The summed E-state index contributed by atoms with van der Waals surface area (Å²) in [7, 11) is 1.96. The monoisotopic (exact) mass is 282 g/mol. The maximum absolute atomic E-state index is 11.8. The lowest BCUT2D eigenvalue weighted by atomic mass is 10.2. The lowest BCUT2D eigenvalue weighted by Gasteiger charge is -2.13. The molecule has 1 aromatic carbocycles. The van der Waals surface area contributed by atoms with E-state index in [4.69, 9.17) is 16.3 Å². The van der Waals surface area contributed by atoms with Gasteiger partial charge in [-0.1, -0.05) is 11.6 Å². The zero-order valence-corrected chi connectivity index (χ0v) is 11.7. The lowest BCUT2D eigenvalue weighted by Crippen LogP contribution is -2.37. The molecule has 1 aliphatic rings. The minimum atomic E-state index is -0.0725. The predicted molar refractivity (Wildman–Crippen MR) is 75.6 cm³/mol. The van der Waals surface area contributed by atoms with Crippen molar-refractivity contribution in [1.29, 1.82) is 0 Å². The van der Waals surface area contributed by atoms with E-state index in [1.54, 1.807) is 24.3 Å². The highest BCUT2D eigenvalue weighted by atomic mass is 35.5. The fourth-order valence-corrected chi connectivity index (χ4v) is 2.45. The number of rotatable bonds is 5. The van der Waals surface area contributed by atoms with Gasteiger partial charge in [0.15, 0.2) is 6.61 Å². The fourth-order valence-electron chi connectivity index (χ4n) is 2.32. The van der Waals surface area contributed by atoms with E-state index >= 15 is 0 Å². The molecule has 1 fully saturated rings. The molecular weight excluding hydrogens is 264 g/mol. The highest BCUT2D eigenvalue weighted by Gasteiger charge is 2.24. The minimum Gasteiger partial charge on any atom is -0.484 e. The summed E-state index contributed by atoms with van der Waals surface area (Å²) in [6, 6.07) is 7.76. The second-order valence-electron chi connectivity index (χ2n) is 4.81. The summed E-state index contributed by atoms with van der Waals surface area (Å²) in [5.74, 6) is 0.579. The largest absolute Gasteiger partial charge is 0.484 e. The molecule has 0 aliphatic heterocycles. The number of hydrogen-bond donors (Lipinski definition) is 2. The average Bonchev–Trinajstić information content (AvgIpc) is 2.86. The molecule has 19 heavy (non-hydrogen) atoms. The minimum absolute atomic E-state index is 0.0440. The van der Waals surface area contributed by atoms with E-state index in [0.29, 0.717) is 16.8 Å². The predicted octanol–water partition coefficient (Wildman–Crippen LogP) is 1.98. The van der Waals surface area contributed by atoms with E-state index in [0.717, 1.165) is 19.3 Å². The van der Waals surface area contributed by atoms with E-state index in [9.17, 15) is 4.79 Å². The van der Waals surface area contributed by atoms with Crippen LogP contribution in [-0.2, 0) is 4.79 Å². The standard InChI is InChI=1S/C14H19ClN2O2/c1-16-11-4-5-12(8-11)17-14(18)9-19-13-6-2-10(15)3-7-13/h2-3,6-7,11-12,16H,4-5,8-9H2,1H3,(H,17,18). The Kier molecular flexibility index (Phi) is 5.05. The van der Waals surface area contributed by atoms with Crippen molar-refractivity contribution >= 4 is 17.5 Å². The molecule has 0 heterocycles. The summed E-state index contributed by atoms with van der Waals surface area (Å²) in [4.78, 5) is 11.8. The molecule has 104 valence electrons. The molecule has 0 radical (unpaired) electrons. The van der Waals surface area contributed by atoms with Gasteiger partial charge in [0.25, 0.3) is 5.91 Å². The number of carbonyl (C=O) groups is 1. The Hall–Kier alpha value is -1.26. The maximum atomic E-state index is 11.8. The van der Waals surface area contributed by atoms with Crippen LogP contribution < -0.4 is 15.4 Å². The zero-order chi connectivity index (χ0) is 13.7. The van der Waals surface area contributed by atoms with Crippen molar-refractivity contribution in [3.05, 3.63) is 29.3 Å². The highest BCUT2D eigenvalue weighted by molar-refractivity contribution is 6.30. The molecule has 2 atom stereocenters. The molecule has 1 amide bonds. The van der Waals surface area contributed by atoms with Crippen LogP contribution in [0, 0.1) is 0 Å². The van der Waals surface area contributed by atoms with Crippen LogP contribution in [-0.4, -0.2) is 31.6 Å². The van der Waals surface area contributed by atoms with E-state index in [2.05, 4.69) is 10.6 Å². The number of ether oxygens (including phenoxy) is 1. The molecule has 2 N–H and O–H groups in total. The zero-order valence-electron chi connectivity index (χ0n) is 11.0. The van der Waals surface area contributed by atoms with Gasteiger partial charge >= 0.3 is 0 Å². The second kappa shape index (κ2) is 6.78. The van der Waals surface area contributed by atoms with Gasteiger partial charge in [0.1, 0.15) is 5.75 Å². The summed E-state index contributed by atoms with van der Waals surface area (Å²) in [6.45, 7) is 0.0440. The second-order valence-corrected chi connectivity index (χ2v) is 5.24. The van der Waals surface area contributed by atoms with Gasteiger partial charge in [0.2, 0.25) is 0 Å². The van der Waals surface area contributed by atoms with Crippen LogP contribution in [0.15, 0.2) is 24.3 Å². The van der Waals surface area contributed by atoms with Crippen molar-refractivity contribution in [2.24, 2.45) is 0 Å². The van der Waals surface area contributed by atoms with Crippen LogP contribution in [0.3, 0.4) is 0 Å². The smallest absolute Gasteiger partial charge is 0.258 e. The Morgan fingerprint density at radius 3 is 2.63 bits per heavy atom. The van der Waals surface area contributed by atoms with Gasteiger partial charge < -0.3 is 15.4 Å². The Morgan fingerprint density at radius 2 is 2.00 bits per heavy atom. The molecule has 0 saturated heterocycles. The Labute approximate surface area is 118 Å². The van der Waals surface area contributed by atoms with Crippen LogP contribution in [0.5, 0.6) is 5.75 Å². The summed E-state index contributed by atoms with van der Waals surface area (Å²) in [5.41, 5.74) is 0. The molecule has 0 aromatic heterocycles. The van der Waals surface area contributed by atoms with Crippen molar-refractivity contribution in [2.45, 2.75) is 31.3 Å². The molecule has 2 unspecified atom stereocenters. The Balaban J connectivity index is 1.71. The topological polar surface area (TPSA) is 50.4 Å². The first kappa shape index (κ1) is 14.2. The van der Waals surface area contributed by atoms with Crippen LogP contribution >= 0.6 is 11.6 Å². The number of amides is 1. The molecule has 2 rings (SSSR count). The van der Waals surface area contributed by atoms with E-state index < -0.39 is 0 Å². The summed E-state index contributed by atoms with van der Waals surface area (Å²) < 4.78 is 5.40. The first-order valence-electron chi connectivity index (χ1n) is 6.52. The van der Waals surface area contributed by atoms with Gasteiger partial charge in [-0.05, 0) is 50.6 Å². The quantitative estimate of drug-likeness (QED) is 0.868. The number of halogens is 1. The maximum Gasteiger partial charge on any atom is 0.258 e. The molecule has 1 aliphatic carbocycles. The van der Waals surface area contributed by atoms with Gasteiger partial charge in [0.05, 0.1) is 0 Å². The van der Waals surface area contributed by atoms with Crippen molar-refractivity contribution < 1.29 is 9.53 Å². The van der Waals surface area contributed by atoms with Crippen molar-refractivity contribution in [1.82, 2.24) is 10.6 Å². The summed E-state index contributed by atoms with van der Waals surface area (Å²) in [6.07, 6.45) is 3.13. The van der Waals surface area contributed by atoms with Crippen molar-refractivity contribution in [3.63, 3.8) is 0 Å². The van der Waals surface area contributed by atoms with E-state index in [1.165, 1.54) is 0 Å². The van der Waals surface area contributed by atoms with E-state index in [-0.39, 0.29) is 18.6 Å². The molecule has 0 bridgehead atoms. The van der Waals surface area contributed by atoms with E-state index in [1.807, 2.05) is 7.05 Å². The van der Waals surface area contributed by atoms with Crippen LogP contribution in [0.25, 0.3) is 0 Å². The SMILES string of the molecule is CNC1CCC(NC(=O)COc2ccc(Cl)cc2)C1. The molecule has 4 nitrogen and oxygen atoms in total. The van der Waals surface area contributed by atoms with Crippen LogP contribution in [0.1, 0.15) is 19.3 Å². The van der Waals surface area contributed by atoms with Crippen LogP contribution in [0.4, 0.5) is 0 Å². The normalized spacial score (nSPS) is 22.2. The number of nitrogens with one attached hydrogen (secondary N) is 2. The average molecular weight is 283 g/mol. The first-order valence-corrected chi connectivity index (χ1v) is 6.90. The highest BCUT2D eigenvalue weighted by Crippen LogP contribution is 2.19. The van der Waals surface area contributed by atoms with Crippen LogP contribution in [0.2, 0.25) is 5.02 Å². The van der Waals surface area contributed by atoms with Gasteiger partial charge in [-0.25, -0.2) is 0 Å². The van der Waals surface area contributed by atoms with Gasteiger partial charge in [-0.3, -0.25) is 4.79 Å². The number of benzene rings is 1. The molecule has 1 saturated carbocycles. The molecule has 1 aromatic rings. The Bertz CT molecular complexity index is 422. The van der Waals surface area contributed by atoms with Crippen molar-refractivity contribution in [2.75, 3.05) is 13.7 Å².